The van der Waals surface area contributed by atoms with Crippen LogP contribution in [0.1, 0.15) is 18.5 Å². The van der Waals surface area contributed by atoms with Gasteiger partial charge in [0, 0.05) is 16.8 Å². The molecule has 0 saturated heterocycles. The zero-order chi connectivity index (χ0) is 13.2. The van der Waals surface area contributed by atoms with Crippen LogP contribution in [0, 0.1) is 0 Å². The van der Waals surface area contributed by atoms with E-state index in [4.69, 9.17) is 11.6 Å². The molecule has 2 nitrogen and oxygen atoms in total. The van der Waals surface area contributed by atoms with E-state index < -0.39 is 0 Å². The SMILES string of the molecule is CC(Nc1ccc2scnc2c1)c1cccc(Cl)c1. The topological polar surface area (TPSA) is 24.9 Å². The number of hydrogen-bond acceptors (Lipinski definition) is 3. The molecule has 0 aliphatic rings. The summed E-state index contributed by atoms with van der Waals surface area (Å²) in [6.07, 6.45) is 0. The van der Waals surface area contributed by atoms with E-state index >= 15 is 0 Å². The van der Waals surface area contributed by atoms with E-state index in [9.17, 15) is 0 Å². The second-order valence-electron chi connectivity index (χ2n) is 4.46. The molecule has 0 amide bonds. The summed E-state index contributed by atoms with van der Waals surface area (Å²) >= 11 is 7.68. The Labute approximate surface area is 121 Å². The van der Waals surface area contributed by atoms with Crippen molar-refractivity contribution in [3.05, 3.63) is 58.6 Å². The number of nitrogens with one attached hydrogen (secondary N) is 1. The highest BCUT2D eigenvalue weighted by molar-refractivity contribution is 7.16. The van der Waals surface area contributed by atoms with Gasteiger partial charge in [-0.25, -0.2) is 4.98 Å². The summed E-state index contributed by atoms with van der Waals surface area (Å²) in [6.45, 7) is 2.12. The maximum absolute atomic E-state index is 6.02. The van der Waals surface area contributed by atoms with Crippen molar-refractivity contribution in [3.63, 3.8) is 0 Å². The monoisotopic (exact) mass is 288 g/mol. The van der Waals surface area contributed by atoms with Gasteiger partial charge in [0.2, 0.25) is 0 Å². The van der Waals surface area contributed by atoms with Gasteiger partial charge < -0.3 is 5.32 Å². The molecule has 1 unspecified atom stereocenters. The molecule has 1 heterocycles. The number of aromatic nitrogens is 1. The molecule has 96 valence electrons. The third-order valence-corrected chi connectivity index (χ3v) is 4.11. The standard InChI is InChI=1S/C15H13ClN2S/c1-10(11-3-2-4-12(16)7-11)18-13-5-6-15-14(8-13)17-9-19-15/h2-10,18H,1H3. The molecular weight excluding hydrogens is 276 g/mol. The molecule has 0 aliphatic heterocycles. The molecule has 0 bridgehead atoms. The summed E-state index contributed by atoms with van der Waals surface area (Å²) in [5, 5.41) is 4.24. The van der Waals surface area contributed by atoms with Gasteiger partial charge in [0.1, 0.15) is 0 Å². The second-order valence-corrected chi connectivity index (χ2v) is 5.78. The van der Waals surface area contributed by atoms with Crippen LogP contribution >= 0.6 is 22.9 Å². The Morgan fingerprint density at radius 1 is 1.21 bits per heavy atom. The Hall–Kier alpha value is -1.58. The number of hydrogen-bond donors (Lipinski definition) is 1. The minimum Gasteiger partial charge on any atom is -0.378 e. The Morgan fingerprint density at radius 3 is 2.95 bits per heavy atom. The highest BCUT2D eigenvalue weighted by Gasteiger charge is 2.06. The van der Waals surface area contributed by atoms with Crippen molar-refractivity contribution in [2.24, 2.45) is 0 Å². The quantitative estimate of drug-likeness (QED) is 0.723. The molecule has 0 radical (unpaired) electrons. The van der Waals surface area contributed by atoms with Gasteiger partial charge in [-0.05, 0) is 42.8 Å². The van der Waals surface area contributed by atoms with Gasteiger partial charge in [0.15, 0.2) is 0 Å². The summed E-state index contributed by atoms with van der Waals surface area (Å²) in [5.41, 5.74) is 5.15. The normalized spacial score (nSPS) is 12.5. The fourth-order valence-corrected chi connectivity index (χ4v) is 2.91. The van der Waals surface area contributed by atoms with Gasteiger partial charge in [0.05, 0.1) is 15.7 Å². The third kappa shape index (κ3) is 2.72. The maximum Gasteiger partial charge on any atom is 0.0832 e. The van der Waals surface area contributed by atoms with E-state index in [0.717, 1.165) is 16.2 Å². The lowest BCUT2D eigenvalue weighted by atomic mass is 10.1. The van der Waals surface area contributed by atoms with Gasteiger partial charge >= 0.3 is 0 Å². The molecule has 4 heteroatoms. The Bertz CT molecular complexity index is 708. The lowest BCUT2D eigenvalue weighted by molar-refractivity contribution is 0.885. The van der Waals surface area contributed by atoms with E-state index in [-0.39, 0.29) is 6.04 Å². The summed E-state index contributed by atoms with van der Waals surface area (Å²) in [4.78, 5) is 4.33. The zero-order valence-electron chi connectivity index (χ0n) is 10.4. The predicted molar refractivity (Wildman–Crippen MR) is 83.1 cm³/mol. The highest BCUT2D eigenvalue weighted by Crippen LogP contribution is 2.25. The average Bonchev–Trinajstić information content (AvgIpc) is 2.86. The molecule has 1 N–H and O–H groups in total. The van der Waals surface area contributed by atoms with Crippen molar-refractivity contribution in [2.75, 3.05) is 5.32 Å². The number of nitrogens with zero attached hydrogens (tertiary/aromatic N) is 1. The lowest BCUT2D eigenvalue weighted by Crippen LogP contribution is -2.06. The molecule has 2 aromatic carbocycles. The van der Waals surface area contributed by atoms with Gasteiger partial charge in [0.25, 0.3) is 0 Å². The largest absolute Gasteiger partial charge is 0.378 e. The summed E-state index contributed by atoms with van der Waals surface area (Å²) in [6, 6.07) is 14.4. The van der Waals surface area contributed by atoms with Crippen molar-refractivity contribution in [3.8, 4) is 0 Å². The third-order valence-electron chi connectivity index (χ3n) is 3.06. The Kier molecular flexibility index (Phi) is 3.40. The van der Waals surface area contributed by atoms with E-state index in [1.165, 1.54) is 10.3 Å². The Morgan fingerprint density at radius 2 is 2.11 bits per heavy atom. The summed E-state index contributed by atoms with van der Waals surface area (Å²) in [5.74, 6) is 0. The van der Waals surface area contributed by atoms with Crippen LogP contribution in [0.2, 0.25) is 5.02 Å². The molecule has 3 rings (SSSR count). The van der Waals surface area contributed by atoms with Crippen molar-refractivity contribution in [1.29, 1.82) is 0 Å². The van der Waals surface area contributed by atoms with Crippen LogP contribution in [0.25, 0.3) is 10.2 Å². The van der Waals surface area contributed by atoms with Crippen LogP contribution in [-0.2, 0) is 0 Å². The minimum absolute atomic E-state index is 0.204. The summed E-state index contributed by atoms with van der Waals surface area (Å²) in [7, 11) is 0. The smallest absolute Gasteiger partial charge is 0.0832 e. The molecule has 0 aliphatic carbocycles. The molecule has 1 atom stereocenters. The van der Waals surface area contributed by atoms with Gasteiger partial charge in [-0.3, -0.25) is 0 Å². The first-order valence-corrected chi connectivity index (χ1v) is 7.33. The predicted octanol–water partition coefficient (Wildman–Crippen LogP) is 5.12. The molecule has 0 saturated carbocycles. The number of halogens is 1. The molecule has 0 spiro atoms. The maximum atomic E-state index is 6.02. The van der Waals surface area contributed by atoms with Crippen molar-refractivity contribution >= 4 is 38.8 Å². The van der Waals surface area contributed by atoms with Crippen LogP contribution in [0.5, 0.6) is 0 Å². The molecule has 0 fully saturated rings. The molecular formula is C15H13ClN2S. The average molecular weight is 289 g/mol. The first kappa shape index (κ1) is 12.5. The molecule has 3 aromatic rings. The van der Waals surface area contributed by atoms with Gasteiger partial charge in [-0.2, -0.15) is 0 Å². The van der Waals surface area contributed by atoms with E-state index in [1.54, 1.807) is 11.3 Å². The first-order chi connectivity index (χ1) is 9.22. The Balaban J connectivity index is 1.83. The number of anilines is 1. The minimum atomic E-state index is 0.204. The first-order valence-electron chi connectivity index (χ1n) is 6.07. The number of rotatable bonds is 3. The van der Waals surface area contributed by atoms with Crippen molar-refractivity contribution < 1.29 is 0 Å². The number of benzene rings is 2. The molecule has 1 aromatic heterocycles. The van der Waals surface area contributed by atoms with E-state index in [1.807, 2.05) is 23.7 Å². The van der Waals surface area contributed by atoms with Crippen molar-refractivity contribution in [2.45, 2.75) is 13.0 Å². The van der Waals surface area contributed by atoms with Crippen LogP contribution in [0.4, 0.5) is 5.69 Å². The highest BCUT2D eigenvalue weighted by atomic mass is 35.5. The van der Waals surface area contributed by atoms with Crippen LogP contribution in [0.15, 0.2) is 48.0 Å². The van der Waals surface area contributed by atoms with E-state index in [0.29, 0.717) is 0 Å². The van der Waals surface area contributed by atoms with E-state index in [2.05, 4.69) is 41.5 Å². The van der Waals surface area contributed by atoms with Crippen LogP contribution in [-0.4, -0.2) is 4.98 Å². The lowest BCUT2D eigenvalue weighted by Gasteiger charge is -2.16. The van der Waals surface area contributed by atoms with Crippen LogP contribution < -0.4 is 5.32 Å². The number of fused-ring (bicyclic) bond motifs is 1. The van der Waals surface area contributed by atoms with Crippen molar-refractivity contribution in [1.82, 2.24) is 4.98 Å². The number of thiazole rings is 1. The van der Waals surface area contributed by atoms with Gasteiger partial charge in [-0.1, -0.05) is 23.7 Å². The molecule has 19 heavy (non-hydrogen) atoms. The summed E-state index contributed by atoms with van der Waals surface area (Å²) < 4.78 is 1.21. The van der Waals surface area contributed by atoms with Crippen LogP contribution in [0.3, 0.4) is 0 Å². The fourth-order valence-electron chi connectivity index (χ4n) is 2.06. The second kappa shape index (κ2) is 5.19. The fraction of sp³-hybridized carbons (Fsp3) is 0.133. The van der Waals surface area contributed by atoms with Gasteiger partial charge in [-0.15, -0.1) is 11.3 Å². The zero-order valence-corrected chi connectivity index (χ0v) is 12.0.